The Balaban J connectivity index is 2.52. The van der Waals surface area contributed by atoms with E-state index in [1.54, 1.807) is 0 Å². The lowest BCUT2D eigenvalue weighted by Gasteiger charge is -2.07. The number of hydrazine groups is 1. The maximum atomic E-state index is 5.79. The fraction of sp³-hybridized carbons (Fsp3) is 0.364. The van der Waals surface area contributed by atoms with Crippen molar-refractivity contribution in [1.82, 2.24) is 10.7 Å². The van der Waals surface area contributed by atoms with Gasteiger partial charge >= 0.3 is 0 Å². The molecule has 0 heterocycles. The molecule has 0 aliphatic heterocycles. The van der Waals surface area contributed by atoms with Crippen LogP contribution in [0, 0.1) is 0 Å². The van der Waals surface area contributed by atoms with Crippen LogP contribution in [-0.2, 0) is 6.54 Å². The first-order valence-electron chi connectivity index (χ1n) is 5.25. The summed E-state index contributed by atoms with van der Waals surface area (Å²) in [5, 5.41) is 3.82. The summed E-state index contributed by atoms with van der Waals surface area (Å²) in [6.07, 6.45) is 1.03. The van der Waals surface area contributed by atoms with Gasteiger partial charge in [-0.2, -0.15) is 0 Å². The quantitative estimate of drug-likeness (QED) is 0.325. The van der Waals surface area contributed by atoms with Gasteiger partial charge in [0.1, 0.15) is 0 Å². The number of aliphatic imine (C=N–C) groups is 1. The van der Waals surface area contributed by atoms with Crippen LogP contribution in [0.3, 0.4) is 0 Å². The zero-order valence-electron chi connectivity index (χ0n) is 9.33. The lowest BCUT2D eigenvalue weighted by molar-refractivity contribution is 0.790. The van der Waals surface area contributed by atoms with Crippen LogP contribution >= 0.6 is 11.6 Å². The first-order valence-corrected chi connectivity index (χ1v) is 5.63. The van der Waals surface area contributed by atoms with Crippen molar-refractivity contribution in [2.45, 2.75) is 19.9 Å². The molecule has 0 radical (unpaired) electrons. The van der Waals surface area contributed by atoms with Crippen molar-refractivity contribution >= 4 is 17.6 Å². The van der Waals surface area contributed by atoms with E-state index >= 15 is 0 Å². The van der Waals surface area contributed by atoms with Crippen molar-refractivity contribution in [3.8, 4) is 0 Å². The van der Waals surface area contributed by atoms with Crippen LogP contribution in [0.25, 0.3) is 0 Å². The molecular weight excluding hydrogens is 224 g/mol. The van der Waals surface area contributed by atoms with Crippen molar-refractivity contribution in [3.63, 3.8) is 0 Å². The highest BCUT2D eigenvalue weighted by atomic mass is 35.5. The van der Waals surface area contributed by atoms with Gasteiger partial charge in [0.2, 0.25) is 5.96 Å². The monoisotopic (exact) mass is 240 g/mol. The van der Waals surface area contributed by atoms with Crippen LogP contribution < -0.4 is 16.6 Å². The molecule has 0 saturated carbocycles. The molecule has 16 heavy (non-hydrogen) atoms. The Kier molecular flexibility index (Phi) is 5.67. The zero-order valence-corrected chi connectivity index (χ0v) is 10.1. The largest absolute Gasteiger partial charge is 0.355 e. The van der Waals surface area contributed by atoms with E-state index in [1.807, 2.05) is 24.3 Å². The highest BCUT2D eigenvalue weighted by Crippen LogP contribution is 2.09. The molecule has 0 aromatic heterocycles. The first-order chi connectivity index (χ1) is 7.76. The average molecular weight is 241 g/mol. The van der Waals surface area contributed by atoms with Crippen molar-refractivity contribution < 1.29 is 0 Å². The molecule has 0 amide bonds. The Morgan fingerprint density at radius 3 is 2.62 bits per heavy atom. The fourth-order valence-corrected chi connectivity index (χ4v) is 1.28. The van der Waals surface area contributed by atoms with Gasteiger partial charge in [-0.25, -0.2) is 10.8 Å². The molecular formula is C11H17ClN4. The Bertz CT molecular complexity index is 334. The minimum absolute atomic E-state index is 0.577. The SMILES string of the molecule is CCCNC(=NCc1ccc(Cl)cc1)NN. The van der Waals surface area contributed by atoms with Crippen LogP contribution in [0.1, 0.15) is 18.9 Å². The minimum Gasteiger partial charge on any atom is -0.355 e. The fourth-order valence-electron chi connectivity index (χ4n) is 1.16. The molecule has 0 spiro atoms. The van der Waals surface area contributed by atoms with E-state index in [0.29, 0.717) is 12.5 Å². The summed E-state index contributed by atoms with van der Waals surface area (Å²) in [6.45, 7) is 3.51. The maximum Gasteiger partial charge on any atom is 0.206 e. The predicted octanol–water partition coefficient (Wildman–Crippen LogP) is 1.66. The van der Waals surface area contributed by atoms with Crippen molar-refractivity contribution in [2.75, 3.05) is 6.54 Å². The molecule has 0 aliphatic rings. The normalized spacial score (nSPS) is 11.3. The second-order valence-electron chi connectivity index (χ2n) is 3.36. The highest BCUT2D eigenvalue weighted by molar-refractivity contribution is 6.30. The van der Waals surface area contributed by atoms with Gasteiger partial charge in [0.05, 0.1) is 6.54 Å². The average Bonchev–Trinajstić information content (AvgIpc) is 2.32. The lowest BCUT2D eigenvalue weighted by atomic mass is 10.2. The van der Waals surface area contributed by atoms with Crippen LogP contribution in [0.2, 0.25) is 5.02 Å². The van der Waals surface area contributed by atoms with E-state index in [1.165, 1.54) is 0 Å². The summed E-state index contributed by atoms with van der Waals surface area (Å²) >= 11 is 5.79. The Hall–Kier alpha value is -1.26. The molecule has 0 saturated heterocycles. The van der Waals surface area contributed by atoms with Crippen LogP contribution in [0.5, 0.6) is 0 Å². The standard InChI is InChI=1S/C11H17ClN4/c1-2-7-14-11(16-13)15-8-9-3-5-10(12)6-4-9/h3-6H,2,7-8,13H2,1H3,(H2,14,15,16). The van der Waals surface area contributed by atoms with Gasteiger partial charge in [-0.05, 0) is 24.1 Å². The third kappa shape index (κ3) is 4.51. The molecule has 1 aromatic rings. The summed E-state index contributed by atoms with van der Waals surface area (Å²) < 4.78 is 0. The van der Waals surface area contributed by atoms with E-state index in [9.17, 15) is 0 Å². The Morgan fingerprint density at radius 2 is 2.06 bits per heavy atom. The van der Waals surface area contributed by atoms with Crippen LogP contribution in [0.4, 0.5) is 0 Å². The molecule has 5 heteroatoms. The molecule has 1 aromatic carbocycles. The van der Waals surface area contributed by atoms with Crippen LogP contribution in [0.15, 0.2) is 29.3 Å². The molecule has 0 atom stereocenters. The molecule has 88 valence electrons. The van der Waals surface area contributed by atoms with Crippen molar-refractivity contribution in [3.05, 3.63) is 34.9 Å². The smallest absolute Gasteiger partial charge is 0.206 e. The number of nitrogens with one attached hydrogen (secondary N) is 2. The number of guanidine groups is 1. The number of nitrogens with zero attached hydrogens (tertiary/aromatic N) is 1. The van der Waals surface area contributed by atoms with Gasteiger partial charge in [0.15, 0.2) is 0 Å². The number of hydrogen-bond donors (Lipinski definition) is 3. The first kappa shape index (κ1) is 12.8. The van der Waals surface area contributed by atoms with Gasteiger partial charge < -0.3 is 5.32 Å². The number of benzene rings is 1. The number of hydrogen-bond acceptors (Lipinski definition) is 2. The van der Waals surface area contributed by atoms with E-state index in [4.69, 9.17) is 17.4 Å². The summed E-state index contributed by atoms with van der Waals surface area (Å²) in [5.41, 5.74) is 3.62. The second-order valence-corrected chi connectivity index (χ2v) is 3.80. The molecule has 0 unspecified atom stereocenters. The number of rotatable bonds is 4. The predicted molar refractivity (Wildman–Crippen MR) is 68.2 cm³/mol. The van der Waals surface area contributed by atoms with Gasteiger partial charge in [-0.3, -0.25) is 5.43 Å². The zero-order chi connectivity index (χ0) is 11.8. The van der Waals surface area contributed by atoms with Crippen molar-refractivity contribution in [1.29, 1.82) is 0 Å². The topological polar surface area (TPSA) is 62.4 Å². The van der Waals surface area contributed by atoms with E-state index in [-0.39, 0.29) is 0 Å². The molecule has 0 fully saturated rings. The van der Waals surface area contributed by atoms with Gasteiger partial charge in [0, 0.05) is 11.6 Å². The van der Waals surface area contributed by atoms with E-state index in [0.717, 1.165) is 23.6 Å². The summed E-state index contributed by atoms with van der Waals surface area (Å²) in [7, 11) is 0. The molecule has 4 nitrogen and oxygen atoms in total. The number of halogens is 1. The molecule has 0 aliphatic carbocycles. The molecule has 1 rings (SSSR count). The minimum atomic E-state index is 0.577. The van der Waals surface area contributed by atoms with Crippen molar-refractivity contribution in [2.24, 2.45) is 10.8 Å². The Morgan fingerprint density at radius 1 is 1.38 bits per heavy atom. The lowest BCUT2D eigenvalue weighted by Crippen LogP contribution is -2.41. The molecule has 4 N–H and O–H groups in total. The summed E-state index contributed by atoms with van der Waals surface area (Å²) in [4.78, 5) is 4.31. The third-order valence-electron chi connectivity index (χ3n) is 2.01. The third-order valence-corrected chi connectivity index (χ3v) is 2.26. The van der Waals surface area contributed by atoms with E-state index in [2.05, 4.69) is 22.7 Å². The van der Waals surface area contributed by atoms with Gasteiger partial charge in [0.25, 0.3) is 0 Å². The second kappa shape index (κ2) is 7.09. The summed E-state index contributed by atoms with van der Waals surface area (Å²) in [6, 6.07) is 7.59. The highest BCUT2D eigenvalue weighted by Gasteiger charge is 1.95. The Labute approximate surface area is 101 Å². The maximum absolute atomic E-state index is 5.79. The van der Waals surface area contributed by atoms with Gasteiger partial charge in [-0.15, -0.1) is 0 Å². The van der Waals surface area contributed by atoms with Gasteiger partial charge in [-0.1, -0.05) is 30.7 Å². The number of nitrogens with two attached hydrogens (primary N) is 1. The summed E-state index contributed by atoms with van der Waals surface area (Å²) in [5.74, 6) is 5.95. The van der Waals surface area contributed by atoms with E-state index < -0.39 is 0 Å². The molecule has 0 bridgehead atoms. The van der Waals surface area contributed by atoms with Crippen LogP contribution in [-0.4, -0.2) is 12.5 Å².